The molecule has 16 heteroatoms. The minimum Gasteiger partial charge on any atom is -0.495 e. The van der Waals surface area contributed by atoms with E-state index in [0.717, 1.165) is 16.1 Å². The number of benzene rings is 1. The van der Waals surface area contributed by atoms with Crippen LogP contribution in [0.5, 0.6) is 0 Å². The Balaban J connectivity index is 2.38. The zero-order valence-corrected chi connectivity index (χ0v) is 31.2. The Kier molecular flexibility index (Phi) is 12.2. The molecule has 0 aliphatic heterocycles. The fourth-order valence-corrected chi connectivity index (χ4v) is 8.52. The van der Waals surface area contributed by atoms with Gasteiger partial charge in [-0.25, -0.2) is 21.1 Å². The summed E-state index contributed by atoms with van der Waals surface area (Å²) in [5, 5.41) is 20.3. The molecule has 0 radical (unpaired) electrons. The standard InChI is InChI=1S/C31H42ClN5O7S2Si/c1-10-26(43-4)29(27(11-2)44-5)37-30(22-16-21(3)18-33-19-22)34-35-31(37)36(14-15-47(7,8)9)46(41,42)20-25(38)24-13-12-23(32)17-28(24)45(6,39)40/h10-13,16-19,25,38H,1,14-15,20H2,2-9H3/b27-11+,29-26-/t25-/m1/s1. The van der Waals surface area contributed by atoms with Crippen LogP contribution in [0.25, 0.3) is 17.1 Å². The van der Waals surface area contributed by atoms with Crippen molar-refractivity contribution in [3.8, 4) is 11.4 Å². The van der Waals surface area contributed by atoms with Crippen molar-refractivity contribution >= 4 is 51.2 Å². The van der Waals surface area contributed by atoms with Gasteiger partial charge in [-0.3, -0.25) is 9.55 Å². The largest absolute Gasteiger partial charge is 0.495 e. The number of sulfone groups is 1. The Morgan fingerprint density at radius 2 is 1.81 bits per heavy atom. The van der Waals surface area contributed by atoms with E-state index in [1.807, 2.05) is 13.0 Å². The van der Waals surface area contributed by atoms with E-state index < -0.39 is 39.8 Å². The lowest BCUT2D eigenvalue weighted by molar-refractivity contribution is 0.198. The summed E-state index contributed by atoms with van der Waals surface area (Å²) in [5.74, 6) is -0.176. The van der Waals surface area contributed by atoms with Gasteiger partial charge in [0.05, 0.1) is 31.0 Å². The second-order valence-corrected chi connectivity index (χ2v) is 22.0. The van der Waals surface area contributed by atoms with Gasteiger partial charge in [-0.05, 0) is 55.8 Å². The third kappa shape index (κ3) is 9.10. The van der Waals surface area contributed by atoms with Crippen molar-refractivity contribution in [2.45, 2.75) is 50.5 Å². The Bertz CT molecular complexity index is 1900. The number of allylic oxidation sites excluding steroid dienone is 3. The Morgan fingerprint density at radius 1 is 1.13 bits per heavy atom. The molecule has 0 unspecified atom stereocenters. The van der Waals surface area contributed by atoms with Crippen LogP contribution in [-0.2, 0) is 29.3 Å². The van der Waals surface area contributed by atoms with E-state index in [0.29, 0.717) is 17.4 Å². The van der Waals surface area contributed by atoms with Crippen LogP contribution in [0.3, 0.4) is 0 Å². The molecular formula is C31H42ClN5O7S2Si. The number of halogens is 1. The highest BCUT2D eigenvalue weighted by atomic mass is 35.5. The number of ether oxygens (including phenoxy) is 2. The quantitative estimate of drug-likeness (QED) is 0.121. The van der Waals surface area contributed by atoms with Gasteiger partial charge >= 0.3 is 0 Å². The molecule has 0 spiro atoms. The Hall–Kier alpha value is -3.50. The van der Waals surface area contributed by atoms with E-state index >= 15 is 0 Å². The molecule has 47 heavy (non-hydrogen) atoms. The number of rotatable bonds is 15. The Labute approximate surface area is 283 Å². The minimum absolute atomic E-state index is 0.00360. The molecular weight excluding hydrogens is 682 g/mol. The van der Waals surface area contributed by atoms with E-state index in [1.165, 1.54) is 43.1 Å². The highest BCUT2D eigenvalue weighted by Crippen LogP contribution is 2.36. The first-order valence-electron chi connectivity index (χ1n) is 14.6. The number of nitrogens with zero attached hydrogens (tertiary/aromatic N) is 5. The lowest BCUT2D eigenvalue weighted by Gasteiger charge is -2.29. The van der Waals surface area contributed by atoms with Crippen molar-refractivity contribution in [1.82, 2.24) is 19.7 Å². The topological polar surface area (TPSA) is 154 Å². The van der Waals surface area contributed by atoms with Crippen LogP contribution < -0.4 is 4.31 Å². The molecule has 0 saturated carbocycles. The van der Waals surface area contributed by atoms with Gasteiger partial charge in [-0.1, -0.05) is 43.9 Å². The van der Waals surface area contributed by atoms with Crippen molar-refractivity contribution in [2.24, 2.45) is 0 Å². The van der Waals surface area contributed by atoms with Crippen molar-refractivity contribution in [1.29, 1.82) is 0 Å². The highest BCUT2D eigenvalue weighted by Gasteiger charge is 2.36. The van der Waals surface area contributed by atoms with Gasteiger partial charge in [0.25, 0.3) is 0 Å². The average molecular weight is 724 g/mol. The maximum atomic E-state index is 14.5. The molecule has 0 amide bonds. The zero-order chi connectivity index (χ0) is 35.3. The molecule has 12 nitrogen and oxygen atoms in total. The number of aliphatic hydroxyl groups is 1. The van der Waals surface area contributed by atoms with Crippen LogP contribution in [0, 0.1) is 6.92 Å². The molecule has 3 rings (SSSR count). The highest BCUT2D eigenvalue weighted by molar-refractivity contribution is 7.92. The number of aliphatic hydroxyl groups excluding tert-OH is 1. The summed E-state index contributed by atoms with van der Waals surface area (Å²) in [6.45, 7) is 13.8. The van der Waals surface area contributed by atoms with E-state index in [-0.39, 0.29) is 45.3 Å². The first-order valence-corrected chi connectivity index (χ1v) is 22.1. The summed E-state index contributed by atoms with van der Waals surface area (Å²) >= 11 is 6.06. The molecule has 0 aliphatic carbocycles. The van der Waals surface area contributed by atoms with Gasteiger partial charge < -0.3 is 14.6 Å². The number of anilines is 1. The number of pyridine rings is 1. The van der Waals surface area contributed by atoms with Gasteiger partial charge in [0.2, 0.25) is 16.0 Å². The fourth-order valence-electron chi connectivity index (χ4n) is 4.76. The van der Waals surface area contributed by atoms with Crippen molar-refractivity contribution in [3.63, 3.8) is 0 Å². The second kappa shape index (κ2) is 15.2. The molecule has 2 aromatic heterocycles. The van der Waals surface area contributed by atoms with Crippen LogP contribution >= 0.6 is 11.6 Å². The van der Waals surface area contributed by atoms with E-state index in [2.05, 4.69) is 41.4 Å². The van der Waals surface area contributed by atoms with E-state index in [4.69, 9.17) is 21.1 Å². The van der Waals surface area contributed by atoms with E-state index in [1.54, 1.807) is 25.4 Å². The van der Waals surface area contributed by atoms with Gasteiger partial charge in [-0.15, -0.1) is 10.2 Å². The van der Waals surface area contributed by atoms with Gasteiger partial charge in [0, 0.05) is 49.4 Å². The second-order valence-electron chi connectivity index (χ2n) is 12.0. The first-order chi connectivity index (χ1) is 21.9. The minimum atomic E-state index is -4.44. The Morgan fingerprint density at radius 3 is 2.34 bits per heavy atom. The average Bonchev–Trinajstić information content (AvgIpc) is 3.40. The van der Waals surface area contributed by atoms with Gasteiger partial charge in [0.1, 0.15) is 17.2 Å². The molecule has 0 saturated heterocycles. The molecule has 3 aromatic rings. The van der Waals surface area contributed by atoms with Crippen LogP contribution in [0.1, 0.15) is 24.2 Å². The molecule has 1 N–H and O–H groups in total. The summed E-state index contributed by atoms with van der Waals surface area (Å²) in [6, 6.07) is 6.24. The monoisotopic (exact) mass is 723 g/mol. The zero-order valence-electron chi connectivity index (χ0n) is 27.9. The molecule has 1 atom stereocenters. The molecule has 0 fully saturated rings. The first kappa shape index (κ1) is 37.9. The number of hydrogen-bond acceptors (Lipinski definition) is 10. The summed E-state index contributed by atoms with van der Waals surface area (Å²) < 4.78 is 68.0. The van der Waals surface area contributed by atoms with Gasteiger partial charge in [-0.2, -0.15) is 0 Å². The third-order valence-electron chi connectivity index (χ3n) is 7.08. The van der Waals surface area contributed by atoms with Crippen LogP contribution in [0.15, 0.2) is 71.8 Å². The number of aryl methyl sites for hydroxylation is 1. The number of methoxy groups -OCH3 is 2. The number of sulfonamides is 1. The normalized spacial score (nSPS) is 14.0. The molecule has 2 heterocycles. The lowest BCUT2D eigenvalue weighted by Crippen LogP contribution is -2.40. The smallest absolute Gasteiger partial charge is 0.246 e. The number of aromatic nitrogens is 4. The molecule has 0 aliphatic rings. The summed E-state index contributed by atoms with van der Waals surface area (Å²) in [7, 11) is -7.27. The third-order valence-corrected chi connectivity index (χ3v) is 11.9. The summed E-state index contributed by atoms with van der Waals surface area (Å²) in [6.07, 6.45) is 5.62. The van der Waals surface area contributed by atoms with Crippen molar-refractivity contribution < 1.29 is 31.4 Å². The van der Waals surface area contributed by atoms with Crippen LogP contribution in [0.4, 0.5) is 5.95 Å². The predicted molar refractivity (Wildman–Crippen MR) is 188 cm³/mol. The SMILES string of the molecule is C=C/C(OC)=C(\C(=C/C)OC)n1c(-c2cncc(C)c2)nnc1N(CC[Si](C)(C)C)S(=O)(=O)C[C@@H](O)c1ccc(Cl)cc1S(C)(=O)=O. The summed E-state index contributed by atoms with van der Waals surface area (Å²) in [5.41, 5.74) is 1.54. The van der Waals surface area contributed by atoms with E-state index in [9.17, 15) is 21.9 Å². The van der Waals surface area contributed by atoms with Crippen molar-refractivity contribution in [3.05, 3.63) is 83.1 Å². The molecule has 256 valence electrons. The van der Waals surface area contributed by atoms with Crippen LogP contribution in [-0.4, -0.2) is 82.5 Å². The summed E-state index contributed by atoms with van der Waals surface area (Å²) in [4.78, 5) is 4.03. The maximum absolute atomic E-state index is 14.5. The molecule has 0 bridgehead atoms. The van der Waals surface area contributed by atoms with Crippen LogP contribution in [0.2, 0.25) is 30.7 Å². The number of hydrogen-bond donors (Lipinski definition) is 1. The van der Waals surface area contributed by atoms with Crippen molar-refractivity contribution in [2.75, 3.05) is 37.1 Å². The predicted octanol–water partition coefficient (Wildman–Crippen LogP) is 5.46. The lowest BCUT2D eigenvalue weighted by atomic mass is 10.1. The maximum Gasteiger partial charge on any atom is 0.246 e. The van der Waals surface area contributed by atoms with Gasteiger partial charge in [0.15, 0.2) is 15.7 Å². The fraction of sp³-hybridized carbons (Fsp3) is 0.387. The molecule has 1 aromatic carbocycles.